The molecule has 0 bridgehead atoms. The molecule has 6 nitrogen and oxygen atoms in total. The summed E-state index contributed by atoms with van der Waals surface area (Å²) >= 11 is 14.7. The normalized spacial score (nSPS) is 14.5. The Balaban J connectivity index is 1.24. The number of carbonyl (C=O) groups excluding carboxylic acids is 2. The number of rotatable bonds is 13. The molecule has 0 unspecified atom stereocenters. The number of hydrogen-bond donors (Lipinski definition) is 0. The molecule has 0 aromatic heterocycles. The van der Waals surface area contributed by atoms with Crippen molar-refractivity contribution in [3.63, 3.8) is 0 Å². The number of halogens is 2. The van der Waals surface area contributed by atoms with Gasteiger partial charge in [0.05, 0.1) is 23.3 Å². The predicted octanol–water partition coefficient (Wildman–Crippen LogP) is 10.0. The van der Waals surface area contributed by atoms with Crippen LogP contribution in [-0.4, -0.2) is 61.1 Å². The van der Waals surface area contributed by atoms with Crippen LogP contribution >= 0.6 is 23.2 Å². The first-order valence-corrected chi connectivity index (χ1v) is 19.5. The van der Waals surface area contributed by atoms with Gasteiger partial charge in [0.1, 0.15) is 0 Å². The Morgan fingerprint density at radius 2 is 0.981 bits per heavy atom. The van der Waals surface area contributed by atoms with Crippen LogP contribution in [0.2, 0.25) is 10.0 Å². The van der Waals surface area contributed by atoms with Gasteiger partial charge in [-0.1, -0.05) is 83.9 Å². The highest BCUT2D eigenvalue weighted by Crippen LogP contribution is 2.45. The van der Waals surface area contributed by atoms with Gasteiger partial charge >= 0.3 is 11.9 Å². The minimum atomic E-state index is -0.122. The molecule has 0 spiro atoms. The maximum Gasteiger partial charge on any atom is 0.305 e. The van der Waals surface area contributed by atoms with Gasteiger partial charge in [0.25, 0.3) is 0 Å². The summed E-state index contributed by atoms with van der Waals surface area (Å²) in [5.41, 5.74) is 14.0. The maximum atomic E-state index is 11.9. The molecule has 8 heteroatoms. The van der Waals surface area contributed by atoms with Crippen LogP contribution in [0.3, 0.4) is 0 Å². The third-order valence-electron chi connectivity index (χ3n) is 10.7. The lowest BCUT2D eigenvalue weighted by atomic mass is 9.87. The van der Waals surface area contributed by atoms with Gasteiger partial charge in [-0.2, -0.15) is 0 Å². The second kappa shape index (κ2) is 17.4. The summed E-state index contributed by atoms with van der Waals surface area (Å²) in [6.45, 7) is 14.4. The second-order valence-electron chi connectivity index (χ2n) is 14.0. The lowest BCUT2D eigenvalue weighted by molar-refractivity contribution is -0.144. The molecular weight excluding hydrogens is 691 g/mol. The fourth-order valence-corrected chi connectivity index (χ4v) is 8.58. The van der Waals surface area contributed by atoms with E-state index in [9.17, 15) is 9.59 Å². The van der Waals surface area contributed by atoms with E-state index >= 15 is 0 Å². The van der Waals surface area contributed by atoms with Gasteiger partial charge in [-0.15, -0.1) is 0 Å². The van der Waals surface area contributed by atoms with E-state index in [1.54, 1.807) is 0 Å². The van der Waals surface area contributed by atoms with Crippen molar-refractivity contribution in [2.24, 2.45) is 0 Å². The summed E-state index contributed by atoms with van der Waals surface area (Å²) in [6, 6.07) is 21.4. The number of fused-ring (bicyclic) bond motifs is 2. The van der Waals surface area contributed by atoms with E-state index in [0.717, 1.165) is 98.3 Å². The number of esters is 2. The first-order valence-electron chi connectivity index (χ1n) is 18.8. The van der Waals surface area contributed by atoms with Gasteiger partial charge < -0.3 is 9.47 Å². The fourth-order valence-electron chi connectivity index (χ4n) is 7.92. The predicted molar refractivity (Wildman–Crippen MR) is 212 cm³/mol. The monoisotopic (exact) mass is 740 g/mol. The van der Waals surface area contributed by atoms with Crippen molar-refractivity contribution in [2.75, 3.05) is 39.4 Å². The molecule has 2 aliphatic heterocycles. The third kappa shape index (κ3) is 8.42. The van der Waals surface area contributed by atoms with Crippen LogP contribution < -0.4 is 0 Å². The summed E-state index contributed by atoms with van der Waals surface area (Å²) < 4.78 is 10.2. The van der Waals surface area contributed by atoms with Crippen molar-refractivity contribution in [3.05, 3.63) is 104 Å². The smallest absolute Gasteiger partial charge is 0.305 e. The van der Waals surface area contributed by atoms with Crippen molar-refractivity contribution in [2.45, 2.75) is 79.3 Å². The lowest BCUT2D eigenvalue weighted by Gasteiger charge is -2.31. The molecule has 2 heterocycles. The SMILES string of the molecule is CCOC(=O)CCCN1CCc2ccc(-c3cccc(-c4cccc(-c5ccc6c(c5C)CN(CCCC(=O)OCC)CC6)c4Cl)c3Cl)c(C)c2C1. The van der Waals surface area contributed by atoms with E-state index in [1.165, 1.54) is 33.4 Å². The summed E-state index contributed by atoms with van der Waals surface area (Å²) in [6.07, 6.45) is 4.47. The first-order chi connectivity index (χ1) is 25.2. The van der Waals surface area contributed by atoms with Gasteiger partial charge in [-0.25, -0.2) is 0 Å². The first kappa shape index (κ1) is 38.1. The van der Waals surface area contributed by atoms with Crippen molar-refractivity contribution in [1.29, 1.82) is 0 Å². The molecule has 4 aromatic rings. The van der Waals surface area contributed by atoms with Gasteiger partial charge in [0.15, 0.2) is 0 Å². The van der Waals surface area contributed by atoms with Crippen LogP contribution in [0.1, 0.15) is 72.9 Å². The third-order valence-corrected chi connectivity index (χ3v) is 11.6. The van der Waals surface area contributed by atoms with Crippen LogP contribution in [0.4, 0.5) is 0 Å². The van der Waals surface area contributed by atoms with Gasteiger partial charge in [-0.05, 0) is 111 Å². The minimum absolute atomic E-state index is 0.122. The zero-order valence-corrected chi connectivity index (χ0v) is 32.5. The molecule has 0 saturated heterocycles. The van der Waals surface area contributed by atoms with Gasteiger partial charge in [0.2, 0.25) is 0 Å². The highest BCUT2D eigenvalue weighted by atomic mass is 35.5. The van der Waals surface area contributed by atoms with E-state index in [4.69, 9.17) is 32.7 Å². The van der Waals surface area contributed by atoms with Crippen molar-refractivity contribution in [1.82, 2.24) is 9.80 Å². The number of nitrogens with zero attached hydrogens (tertiary/aromatic N) is 2. The summed E-state index contributed by atoms with van der Waals surface area (Å²) in [7, 11) is 0. The zero-order chi connectivity index (χ0) is 36.8. The van der Waals surface area contributed by atoms with E-state index < -0.39 is 0 Å². The number of hydrogen-bond acceptors (Lipinski definition) is 6. The Kier molecular flexibility index (Phi) is 12.8. The number of carbonyl (C=O) groups is 2. The van der Waals surface area contributed by atoms with Crippen LogP contribution in [0.25, 0.3) is 33.4 Å². The molecule has 0 aliphatic carbocycles. The Labute approximate surface area is 319 Å². The van der Waals surface area contributed by atoms with Gasteiger partial charge in [-0.3, -0.25) is 19.4 Å². The highest BCUT2D eigenvalue weighted by molar-refractivity contribution is 6.39. The van der Waals surface area contributed by atoms with Crippen LogP contribution in [0, 0.1) is 13.8 Å². The van der Waals surface area contributed by atoms with Crippen molar-refractivity contribution < 1.29 is 19.1 Å². The topological polar surface area (TPSA) is 59.1 Å². The van der Waals surface area contributed by atoms with E-state index in [2.05, 4.69) is 84.3 Å². The Hall–Kier alpha value is -3.68. The van der Waals surface area contributed by atoms with Crippen molar-refractivity contribution in [3.8, 4) is 33.4 Å². The second-order valence-corrected chi connectivity index (χ2v) is 14.7. The summed E-state index contributed by atoms with van der Waals surface area (Å²) in [5, 5.41) is 1.37. The molecule has 0 N–H and O–H groups in total. The molecule has 0 fully saturated rings. The largest absolute Gasteiger partial charge is 0.466 e. The Morgan fingerprint density at radius 3 is 1.37 bits per heavy atom. The summed E-state index contributed by atoms with van der Waals surface area (Å²) in [4.78, 5) is 28.6. The molecule has 0 saturated carbocycles. The fraction of sp³-hybridized carbons (Fsp3) is 0.409. The lowest BCUT2D eigenvalue weighted by Crippen LogP contribution is -2.32. The van der Waals surface area contributed by atoms with Crippen LogP contribution in [-0.2, 0) is 45.0 Å². The zero-order valence-electron chi connectivity index (χ0n) is 31.0. The number of ether oxygens (including phenoxy) is 2. The molecule has 4 aromatic carbocycles. The number of benzene rings is 4. The maximum absolute atomic E-state index is 11.9. The van der Waals surface area contributed by atoms with E-state index in [1.807, 2.05) is 13.8 Å². The quantitative estimate of drug-likeness (QED) is 0.127. The van der Waals surface area contributed by atoms with E-state index in [-0.39, 0.29) is 11.9 Å². The molecule has 0 amide bonds. The molecule has 0 radical (unpaired) electrons. The van der Waals surface area contributed by atoms with Crippen LogP contribution in [0.5, 0.6) is 0 Å². The standard InChI is InChI=1S/C44H50Cl2N2O4/c1-5-51-41(49)15-9-23-47-25-21-31-17-19-33(29(3)39(31)27-47)35-11-7-13-37(43(35)45)38-14-8-12-36(44(38)46)34-20-18-32-22-26-48(28-40(32)30(34)4)24-10-16-42(50)52-6-2/h7-8,11-14,17-20H,5-6,9-10,15-16,21-28H2,1-4H3. The van der Waals surface area contributed by atoms with Crippen molar-refractivity contribution >= 4 is 35.1 Å². The Bertz CT molecular complexity index is 1800. The average molecular weight is 742 g/mol. The molecule has 6 rings (SSSR count). The average Bonchev–Trinajstić information content (AvgIpc) is 3.13. The molecule has 52 heavy (non-hydrogen) atoms. The Morgan fingerprint density at radius 1 is 0.596 bits per heavy atom. The molecule has 0 atom stereocenters. The molecule has 274 valence electrons. The van der Waals surface area contributed by atoms with Crippen LogP contribution in [0.15, 0.2) is 60.7 Å². The molecule has 2 aliphatic rings. The molecular formula is C44H50Cl2N2O4. The summed E-state index contributed by atoms with van der Waals surface area (Å²) in [5.74, 6) is -0.243. The highest BCUT2D eigenvalue weighted by Gasteiger charge is 2.24. The van der Waals surface area contributed by atoms with E-state index in [0.29, 0.717) is 36.1 Å². The minimum Gasteiger partial charge on any atom is -0.466 e. The van der Waals surface area contributed by atoms with Gasteiger partial charge in [0, 0.05) is 61.3 Å².